The van der Waals surface area contributed by atoms with Gasteiger partial charge < -0.3 is 10.4 Å². The summed E-state index contributed by atoms with van der Waals surface area (Å²) >= 11 is 0. The third-order valence-electron chi connectivity index (χ3n) is 3.66. The van der Waals surface area contributed by atoms with E-state index < -0.39 is 5.97 Å². The zero-order chi connectivity index (χ0) is 13.9. The second-order valence-corrected chi connectivity index (χ2v) is 5.11. The molecule has 1 fully saturated rings. The monoisotopic (exact) mass is 268 g/mol. The molecule has 0 spiro atoms. The minimum Gasteiger partial charge on any atom is -0.477 e. The largest absolute Gasteiger partial charge is 0.477 e. The van der Waals surface area contributed by atoms with Crippen LogP contribution in [0.15, 0.2) is 48.5 Å². The van der Waals surface area contributed by atoms with Crippen LogP contribution in [0.4, 0.5) is 5.82 Å². The van der Waals surface area contributed by atoms with Gasteiger partial charge in [-0.1, -0.05) is 36.4 Å². The average Bonchev–Trinajstić information content (AvgIpc) is 3.26. The highest BCUT2D eigenvalue weighted by atomic mass is 16.4. The van der Waals surface area contributed by atoms with Crippen LogP contribution in [0.5, 0.6) is 0 Å². The van der Waals surface area contributed by atoms with Crippen LogP contribution >= 0.6 is 0 Å². The number of carboxylic acid groups (broad SMARTS) is 1. The van der Waals surface area contributed by atoms with Crippen molar-refractivity contribution in [2.45, 2.75) is 12.3 Å². The van der Waals surface area contributed by atoms with Gasteiger partial charge in [0.1, 0.15) is 5.82 Å². The van der Waals surface area contributed by atoms with E-state index >= 15 is 0 Å². The summed E-state index contributed by atoms with van der Waals surface area (Å²) in [5, 5.41) is 12.1. The lowest BCUT2D eigenvalue weighted by Gasteiger charge is -2.06. The Bertz CT molecular complexity index is 613. The van der Waals surface area contributed by atoms with Crippen LogP contribution in [0.2, 0.25) is 0 Å². The third kappa shape index (κ3) is 2.79. The molecule has 1 heterocycles. The van der Waals surface area contributed by atoms with Gasteiger partial charge in [0.05, 0.1) is 0 Å². The van der Waals surface area contributed by atoms with Crippen molar-refractivity contribution in [2.24, 2.45) is 5.92 Å². The van der Waals surface area contributed by atoms with Crippen molar-refractivity contribution in [1.82, 2.24) is 4.98 Å². The van der Waals surface area contributed by atoms with Crippen molar-refractivity contribution in [3.05, 3.63) is 59.8 Å². The molecule has 20 heavy (non-hydrogen) atoms. The van der Waals surface area contributed by atoms with Crippen LogP contribution in [0.25, 0.3) is 0 Å². The smallest absolute Gasteiger partial charge is 0.354 e. The lowest BCUT2D eigenvalue weighted by molar-refractivity contribution is 0.0690. The van der Waals surface area contributed by atoms with Gasteiger partial charge >= 0.3 is 5.97 Å². The first-order chi connectivity index (χ1) is 9.74. The summed E-state index contributed by atoms with van der Waals surface area (Å²) in [5.74, 6) is 0.852. The van der Waals surface area contributed by atoms with E-state index in [-0.39, 0.29) is 5.69 Å². The van der Waals surface area contributed by atoms with Gasteiger partial charge in [0.2, 0.25) is 0 Å². The molecule has 1 aliphatic carbocycles. The lowest BCUT2D eigenvalue weighted by atomic mass is 10.1. The Labute approximate surface area is 117 Å². The maximum absolute atomic E-state index is 10.9. The van der Waals surface area contributed by atoms with Crippen LogP contribution in [0.1, 0.15) is 28.4 Å². The molecular formula is C16H16N2O2. The molecule has 1 aromatic carbocycles. The standard InChI is InChI=1S/C16H16N2O2/c19-16(20)14-7-4-8-15(18-14)17-10-12-9-13(12)11-5-2-1-3-6-11/h1-8,12-13H,9-10H2,(H,17,18)(H,19,20)/t12-,13-/m0/s1. The topological polar surface area (TPSA) is 62.2 Å². The third-order valence-corrected chi connectivity index (χ3v) is 3.66. The number of hydrogen-bond acceptors (Lipinski definition) is 3. The van der Waals surface area contributed by atoms with E-state index in [2.05, 4.69) is 34.6 Å². The minimum absolute atomic E-state index is 0.0745. The molecular weight excluding hydrogens is 252 g/mol. The van der Waals surface area contributed by atoms with Crippen LogP contribution in [0, 0.1) is 5.92 Å². The van der Waals surface area contributed by atoms with Gasteiger partial charge in [0, 0.05) is 6.54 Å². The molecule has 1 aromatic heterocycles. The summed E-state index contributed by atoms with van der Waals surface area (Å²) in [5.41, 5.74) is 1.46. The van der Waals surface area contributed by atoms with Gasteiger partial charge in [-0.15, -0.1) is 0 Å². The highest BCUT2D eigenvalue weighted by Gasteiger charge is 2.37. The number of anilines is 1. The van der Waals surface area contributed by atoms with E-state index in [9.17, 15) is 4.79 Å². The van der Waals surface area contributed by atoms with E-state index in [1.54, 1.807) is 12.1 Å². The molecule has 0 aliphatic heterocycles. The normalized spacial score (nSPS) is 20.4. The molecule has 1 aliphatic rings. The first kappa shape index (κ1) is 12.7. The van der Waals surface area contributed by atoms with E-state index in [0.717, 1.165) is 6.54 Å². The Hall–Kier alpha value is -2.36. The molecule has 0 amide bonds. The summed E-state index contributed by atoms with van der Waals surface area (Å²) in [6, 6.07) is 15.5. The summed E-state index contributed by atoms with van der Waals surface area (Å²) in [6.45, 7) is 0.829. The van der Waals surface area contributed by atoms with Gasteiger partial charge in [0.25, 0.3) is 0 Å². The Morgan fingerprint density at radius 1 is 1.20 bits per heavy atom. The van der Waals surface area contributed by atoms with E-state index in [1.165, 1.54) is 18.1 Å². The summed E-state index contributed by atoms with van der Waals surface area (Å²) in [6.07, 6.45) is 1.18. The van der Waals surface area contributed by atoms with E-state index in [0.29, 0.717) is 17.7 Å². The summed E-state index contributed by atoms with van der Waals surface area (Å²) < 4.78 is 0. The SMILES string of the molecule is O=C(O)c1cccc(NC[C@@H]2C[C@H]2c2ccccc2)n1. The maximum Gasteiger partial charge on any atom is 0.354 e. The molecule has 0 bridgehead atoms. The number of nitrogens with one attached hydrogen (secondary N) is 1. The summed E-state index contributed by atoms with van der Waals surface area (Å²) in [7, 11) is 0. The van der Waals surface area contributed by atoms with Crippen LogP contribution in [-0.4, -0.2) is 22.6 Å². The number of pyridine rings is 1. The van der Waals surface area contributed by atoms with Crippen molar-refractivity contribution in [3.8, 4) is 0 Å². The number of hydrogen-bond donors (Lipinski definition) is 2. The number of carboxylic acids is 1. The Morgan fingerprint density at radius 3 is 2.75 bits per heavy atom. The molecule has 2 aromatic rings. The van der Waals surface area contributed by atoms with E-state index in [4.69, 9.17) is 5.11 Å². The van der Waals surface area contributed by atoms with Gasteiger partial charge in [-0.25, -0.2) is 9.78 Å². The highest BCUT2D eigenvalue weighted by Crippen LogP contribution is 2.47. The average molecular weight is 268 g/mol. The van der Waals surface area contributed by atoms with Crippen LogP contribution < -0.4 is 5.32 Å². The van der Waals surface area contributed by atoms with Gasteiger partial charge in [0.15, 0.2) is 5.69 Å². The number of carbonyl (C=O) groups is 1. The second kappa shape index (κ2) is 5.33. The van der Waals surface area contributed by atoms with Gasteiger partial charge in [-0.3, -0.25) is 0 Å². The van der Waals surface area contributed by atoms with Crippen LogP contribution in [0.3, 0.4) is 0 Å². The molecule has 2 N–H and O–H groups in total. The zero-order valence-electron chi connectivity index (χ0n) is 11.0. The molecule has 4 heteroatoms. The van der Waals surface area contributed by atoms with Gasteiger partial charge in [-0.05, 0) is 36.0 Å². The number of aromatic nitrogens is 1. The fourth-order valence-corrected chi connectivity index (χ4v) is 2.47. The second-order valence-electron chi connectivity index (χ2n) is 5.11. The lowest BCUT2D eigenvalue weighted by Crippen LogP contribution is -2.08. The molecule has 1 saturated carbocycles. The van der Waals surface area contributed by atoms with Crippen LogP contribution in [-0.2, 0) is 0 Å². The molecule has 3 rings (SSSR count). The molecule has 102 valence electrons. The minimum atomic E-state index is -0.998. The first-order valence-corrected chi connectivity index (χ1v) is 6.73. The Kier molecular flexibility index (Phi) is 3.37. The Morgan fingerprint density at radius 2 is 2.00 bits per heavy atom. The fourth-order valence-electron chi connectivity index (χ4n) is 2.47. The molecule has 0 radical (unpaired) electrons. The van der Waals surface area contributed by atoms with Gasteiger partial charge in [-0.2, -0.15) is 0 Å². The first-order valence-electron chi connectivity index (χ1n) is 6.73. The van der Waals surface area contributed by atoms with Crippen molar-refractivity contribution < 1.29 is 9.90 Å². The maximum atomic E-state index is 10.9. The Balaban J connectivity index is 1.56. The quantitative estimate of drug-likeness (QED) is 0.875. The number of rotatable bonds is 5. The number of aromatic carboxylic acids is 1. The number of nitrogens with zero attached hydrogens (tertiary/aromatic N) is 1. The zero-order valence-corrected chi connectivity index (χ0v) is 11.0. The molecule has 0 saturated heterocycles. The highest BCUT2D eigenvalue weighted by molar-refractivity contribution is 5.85. The van der Waals surface area contributed by atoms with Crippen molar-refractivity contribution in [2.75, 3.05) is 11.9 Å². The molecule has 0 unspecified atom stereocenters. The summed E-state index contributed by atoms with van der Waals surface area (Å²) in [4.78, 5) is 14.9. The number of benzene rings is 1. The van der Waals surface area contributed by atoms with Crippen molar-refractivity contribution >= 4 is 11.8 Å². The molecule has 2 atom stereocenters. The predicted octanol–water partition coefficient (Wildman–Crippen LogP) is 3.00. The molecule has 4 nitrogen and oxygen atoms in total. The fraction of sp³-hybridized carbons (Fsp3) is 0.250. The van der Waals surface area contributed by atoms with Crippen molar-refractivity contribution in [3.63, 3.8) is 0 Å². The predicted molar refractivity (Wildman–Crippen MR) is 77.0 cm³/mol. The van der Waals surface area contributed by atoms with E-state index in [1.807, 2.05) is 6.07 Å². The van der Waals surface area contributed by atoms with Crippen molar-refractivity contribution in [1.29, 1.82) is 0 Å².